The van der Waals surface area contributed by atoms with Gasteiger partial charge in [0.25, 0.3) is 5.91 Å². The Hall–Kier alpha value is -2.79. The Morgan fingerprint density at radius 3 is 2.64 bits per heavy atom. The van der Waals surface area contributed by atoms with Gasteiger partial charge in [0.05, 0.1) is 18.3 Å². The summed E-state index contributed by atoms with van der Waals surface area (Å²) in [4.78, 5) is 20.7. The van der Waals surface area contributed by atoms with Crippen molar-refractivity contribution in [2.24, 2.45) is 5.73 Å². The number of alkyl halides is 4. The number of likely N-dealkylation sites (tertiary alicyclic amines) is 1. The minimum atomic E-state index is -4.68. The molecule has 28 heavy (non-hydrogen) atoms. The summed E-state index contributed by atoms with van der Waals surface area (Å²) in [5.41, 5.74) is 4.45. The van der Waals surface area contributed by atoms with Gasteiger partial charge in [-0.05, 0) is 17.7 Å². The van der Waals surface area contributed by atoms with Gasteiger partial charge in [0.1, 0.15) is 23.7 Å². The molecule has 11 heteroatoms. The van der Waals surface area contributed by atoms with Crippen molar-refractivity contribution in [1.29, 1.82) is 0 Å². The lowest BCUT2D eigenvalue weighted by Crippen LogP contribution is -2.29. The van der Waals surface area contributed by atoms with Crippen molar-refractivity contribution in [3.05, 3.63) is 47.4 Å². The predicted molar refractivity (Wildman–Crippen MR) is 88.2 cm³/mol. The second kappa shape index (κ2) is 7.68. The number of hydrogen-bond acceptors (Lipinski definition) is 6. The lowest BCUT2D eigenvalue weighted by Gasteiger charge is -2.15. The number of hydrogen-bond donors (Lipinski definition) is 2. The number of aliphatic hydroxyl groups excluding tert-OH is 1. The van der Waals surface area contributed by atoms with E-state index in [4.69, 9.17) is 10.5 Å². The normalized spacial score (nSPS) is 19.7. The fourth-order valence-corrected chi connectivity index (χ4v) is 2.68. The Balaban J connectivity index is 1.83. The van der Waals surface area contributed by atoms with E-state index in [9.17, 15) is 27.5 Å². The Morgan fingerprint density at radius 2 is 2.04 bits per heavy atom. The third kappa shape index (κ3) is 4.37. The molecule has 2 atom stereocenters. The van der Waals surface area contributed by atoms with Crippen LogP contribution in [0.4, 0.5) is 17.6 Å². The zero-order valence-electron chi connectivity index (χ0n) is 14.4. The van der Waals surface area contributed by atoms with Gasteiger partial charge in [-0.1, -0.05) is 0 Å². The fourth-order valence-electron chi connectivity index (χ4n) is 2.68. The third-order valence-corrected chi connectivity index (χ3v) is 4.08. The van der Waals surface area contributed by atoms with Gasteiger partial charge in [0, 0.05) is 25.4 Å². The summed E-state index contributed by atoms with van der Waals surface area (Å²) in [6, 6.07) is 3.31. The van der Waals surface area contributed by atoms with Crippen molar-refractivity contribution in [2.75, 3.05) is 13.1 Å². The molecule has 1 saturated heterocycles. The number of nitrogens with two attached hydrogens (primary N) is 1. The van der Waals surface area contributed by atoms with Gasteiger partial charge < -0.3 is 20.5 Å². The number of ether oxygens (including phenoxy) is 1. The van der Waals surface area contributed by atoms with E-state index in [2.05, 4.69) is 9.97 Å². The number of carbonyl (C=O) groups excluding carboxylic acids is 1. The van der Waals surface area contributed by atoms with Crippen LogP contribution in [0.15, 0.2) is 30.6 Å². The van der Waals surface area contributed by atoms with Crippen LogP contribution in [0.25, 0.3) is 0 Å². The van der Waals surface area contributed by atoms with E-state index in [0.29, 0.717) is 0 Å². The first-order valence-corrected chi connectivity index (χ1v) is 8.20. The Morgan fingerprint density at radius 1 is 1.29 bits per heavy atom. The smallest absolute Gasteiger partial charge is 0.433 e. The predicted octanol–water partition coefficient (Wildman–Crippen LogP) is 1.90. The Labute approximate surface area is 156 Å². The number of carbonyl (C=O) groups is 1. The van der Waals surface area contributed by atoms with Gasteiger partial charge in [0.15, 0.2) is 0 Å². The summed E-state index contributed by atoms with van der Waals surface area (Å²) in [5, 5.41) is 9.43. The van der Waals surface area contributed by atoms with E-state index in [0.717, 1.165) is 11.0 Å². The molecule has 1 amide bonds. The van der Waals surface area contributed by atoms with Gasteiger partial charge in [-0.2, -0.15) is 13.2 Å². The molecule has 150 valence electrons. The first-order chi connectivity index (χ1) is 13.2. The number of nitrogens with zero attached hydrogens (tertiary/aromatic N) is 3. The van der Waals surface area contributed by atoms with Crippen LogP contribution < -0.4 is 10.5 Å². The summed E-state index contributed by atoms with van der Waals surface area (Å²) in [7, 11) is 0. The highest BCUT2D eigenvalue weighted by atomic mass is 19.4. The van der Waals surface area contributed by atoms with Gasteiger partial charge in [-0.3, -0.25) is 9.78 Å². The van der Waals surface area contributed by atoms with E-state index in [1.165, 1.54) is 24.5 Å². The maximum Gasteiger partial charge on any atom is 0.433 e. The topological polar surface area (TPSA) is 102 Å². The van der Waals surface area contributed by atoms with Crippen LogP contribution in [0.5, 0.6) is 11.6 Å². The molecule has 2 unspecified atom stereocenters. The highest BCUT2D eigenvalue weighted by Gasteiger charge is 2.35. The molecule has 3 heterocycles. The maximum atomic E-state index is 13.4. The Kier molecular flexibility index (Phi) is 5.47. The largest absolute Gasteiger partial charge is 0.437 e. The van der Waals surface area contributed by atoms with Crippen molar-refractivity contribution in [1.82, 2.24) is 14.9 Å². The Bertz CT molecular complexity index is 868. The molecular weight excluding hydrogens is 384 g/mol. The van der Waals surface area contributed by atoms with E-state index in [1.54, 1.807) is 0 Å². The molecule has 2 aromatic rings. The molecule has 0 spiro atoms. The van der Waals surface area contributed by atoms with E-state index in [1.807, 2.05) is 0 Å². The van der Waals surface area contributed by atoms with E-state index >= 15 is 0 Å². The minimum absolute atomic E-state index is 0.0304. The highest BCUT2D eigenvalue weighted by molar-refractivity contribution is 5.94. The summed E-state index contributed by atoms with van der Waals surface area (Å²) in [5.74, 6) is -0.976. The number of rotatable bonds is 4. The summed E-state index contributed by atoms with van der Waals surface area (Å²) in [6.45, 7) is -0.583. The monoisotopic (exact) mass is 400 g/mol. The van der Waals surface area contributed by atoms with Crippen LogP contribution in [0.2, 0.25) is 0 Å². The number of amides is 1. The van der Waals surface area contributed by atoms with Crippen molar-refractivity contribution >= 4 is 5.91 Å². The molecule has 0 radical (unpaired) electrons. The molecular formula is C17H16F4N4O3. The second-order valence-corrected chi connectivity index (χ2v) is 6.21. The zero-order valence-corrected chi connectivity index (χ0v) is 14.4. The molecule has 2 aromatic heterocycles. The number of β-amino-alcohol motifs (C(OH)–C–C–N with tert-alkyl or cyclic N) is 1. The van der Waals surface area contributed by atoms with Crippen molar-refractivity contribution in [3.8, 4) is 11.6 Å². The van der Waals surface area contributed by atoms with Crippen molar-refractivity contribution in [3.63, 3.8) is 0 Å². The number of halogens is 4. The SMILES string of the molecule is NCc1cc(Oc2cncc(C(=O)N3CC(O)C(F)C3)c2)nc(C(F)(F)F)c1. The van der Waals surface area contributed by atoms with Gasteiger partial charge in [-0.15, -0.1) is 0 Å². The molecule has 1 aliphatic heterocycles. The molecule has 1 aliphatic rings. The molecule has 0 bridgehead atoms. The lowest BCUT2D eigenvalue weighted by atomic mass is 10.2. The van der Waals surface area contributed by atoms with Crippen molar-refractivity contribution in [2.45, 2.75) is 25.0 Å². The lowest BCUT2D eigenvalue weighted by molar-refractivity contribution is -0.141. The third-order valence-electron chi connectivity index (χ3n) is 4.08. The summed E-state index contributed by atoms with van der Waals surface area (Å²) < 4.78 is 57.6. The van der Waals surface area contributed by atoms with E-state index < -0.39 is 30.1 Å². The molecule has 7 nitrogen and oxygen atoms in total. The molecule has 0 saturated carbocycles. The number of aromatic nitrogens is 2. The van der Waals surface area contributed by atoms with Crippen LogP contribution in [0, 0.1) is 0 Å². The number of aliphatic hydroxyl groups is 1. The van der Waals surface area contributed by atoms with Crippen LogP contribution in [0.3, 0.4) is 0 Å². The molecule has 3 rings (SSSR count). The highest BCUT2D eigenvalue weighted by Crippen LogP contribution is 2.31. The van der Waals surface area contributed by atoms with Crippen molar-refractivity contribution < 1.29 is 32.2 Å². The first-order valence-electron chi connectivity index (χ1n) is 8.20. The van der Waals surface area contributed by atoms with Gasteiger partial charge in [-0.25, -0.2) is 9.37 Å². The average Bonchev–Trinajstić information content (AvgIpc) is 2.99. The van der Waals surface area contributed by atoms with Gasteiger partial charge >= 0.3 is 6.18 Å². The average molecular weight is 400 g/mol. The number of pyridine rings is 2. The van der Waals surface area contributed by atoms with Crippen LogP contribution in [0.1, 0.15) is 21.6 Å². The maximum absolute atomic E-state index is 13.4. The molecule has 1 fully saturated rings. The zero-order chi connectivity index (χ0) is 20.5. The molecule has 0 aromatic carbocycles. The summed E-state index contributed by atoms with van der Waals surface area (Å²) in [6.07, 6.45) is -5.09. The summed E-state index contributed by atoms with van der Waals surface area (Å²) >= 11 is 0. The van der Waals surface area contributed by atoms with E-state index in [-0.39, 0.29) is 42.4 Å². The standard InChI is InChI=1S/C17H16F4N4O3/c18-12-7-25(8-13(12)26)16(27)10-3-11(6-23-5-10)28-15-2-9(4-22)1-14(24-15)17(19,20)21/h1-3,5-6,12-13,26H,4,7-8,22H2. The second-order valence-electron chi connectivity index (χ2n) is 6.21. The molecule has 0 aliphatic carbocycles. The molecule has 3 N–H and O–H groups in total. The van der Waals surface area contributed by atoms with Gasteiger partial charge in [0.2, 0.25) is 5.88 Å². The van der Waals surface area contributed by atoms with Crippen LogP contribution in [-0.4, -0.2) is 51.2 Å². The first kappa shape index (κ1) is 20.0. The van der Waals surface area contributed by atoms with Crippen LogP contribution >= 0.6 is 0 Å². The minimum Gasteiger partial charge on any atom is -0.437 e. The van der Waals surface area contributed by atoms with Crippen LogP contribution in [-0.2, 0) is 12.7 Å². The fraction of sp³-hybridized carbons (Fsp3) is 0.353. The quantitative estimate of drug-likeness (QED) is 0.761.